The highest BCUT2D eigenvalue weighted by molar-refractivity contribution is 6.11. The van der Waals surface area contributed by atoms with Crippen LogP contribution in [0.5, 0.6) is 0 Å². The summed E-state index contributed by atoms with van der Waals surface area (Å²) < 4.78 is 43.7. The molecule has 1 aromatic rings. The maximum Gasteiger partial charge on any atom is 0.315 e. The Morgan fingerprint density at radius 2 is 1.93 bits per heavy atom. The van der Waals surface area contributed by atoms with Crippen molar-refractivity contribution >= 4 is 35.0 Å². The molecule has 0 saturated carbocycles. The number of nitrogens with two attached hydrogens (primary N) is 1. The van der Waals surface area contributed by atoms with Crippen LogP contribution in [0.25, 0.3) is 0 Å². The van der Waals surface area contributed by atoms with Gasteiger partial charge in [0.2, 0.25) is 5.91 Å². The molecule has 27 heavy (non-hydrogen) atoms. The summed E-state index contributed by atoms with van der Waals surface area (Å²) in [5, 5.41) is 3.43. The summed E-state index contributed by atoms with van der Waals surface area (Å²) in [5.41, 5.74) is 4.72. The molecule has 0 spiro atoms. The van der Waals surface area contributed by atoms with Crippen molar-refractivity contribution in [2.24, 2.45) is 5.73 Å². The number of amides is 4. The highest BCUT2D eigenvalue weighted by Gasteiger charge is 2.30. The molecule has 146 valence electrons. The van der Waals surface area contributed by atoms with E-state index in [0.717, 1.165) is 12.1 Å². The monoisotopic (exact) mass is 388 g/mol. The number of hydrogen-bond acceptors (Lipinski definition) is 5. The minimum absolute atomic E-state index is 0.149. The Morgan fingerprint density at radius 1 is 1.22 bits per heavy atom. The Kier molecular flexibility index (Phi) is 6.34. The topological polar surface area (TPSA) is 131 Å². The first-order valence-corrected chi connectivity index (χ1v) is 7.57. The predicted molar refractivity (Wildman–Crippen MR) is 85.3 cm³/mol. The smallest absolute Gasteiger partial charge is 0.315 e. The van der Waals surface area contributed by atoms with E-state index in [1.165, 1.54) is 16.3 Å². The Balaban J connectivity index is 2.13. The van der Waals surface area contributed by atoms with Crippen LogP contribution in [-0.4, -0.2) is 55.9 Å². The Labute approximate surface area is 150 Å². The number of primary amides is 1. The maximum atomic E-state index is 14.2. The molecule has 9 nitrogen and oxygen atoms in total. The highest BCUT2D eigenvalue weighted by atomic mass is 19.3. The van der Waals surface area contributed by atoms with Crippen molar-refractivity contribution in [2.75, 3.05) is 30.0 Å². The first kappa shape index (κ1) is 20.2. The lowest BCUT2D eigenvalue weighted by Gasteiger charge is -2.27. The minimum atomic E-state index is -3.47. The van der Waals surface area contributed by atoms with Crippen molar-refractivity contribution in [2.45, 2.75) is 12.5 Å². The fraction of sp³-hybridized carbons (Fsp3) is 0.333. The summed E-state index contributed by atoms with van der Waals surface area (Å²) in [7, 11) is 0. The van der Waals surface area contributed by atoms with Gasteiger partial charge in [-0.2, -0.15) is 8.78 Å². The number of anilines is 2. The molecule has 1 fully saturated rings. The van der Waals surface area contributed by atoms with Gasteiger partial charge < -0.3 is 26.0 Å². The second kappa shape index (κ2) is 8.49. The van der Waals surface area contributed by atoms with Gasteiger partial charge in [-0.15, -0.1) is 0 Å². The molecule has 4 amide bonds. The fourth-order valence-corrected chi connectivity index (χ4v) is 2.24. The lowest BCUT2D eigenvalue weighted by atomic mass is 10.2. The van der Waals surface area contributed by atoms with E-state index < -0.39 is 41.7 Å². The van der Waals surface area contributed by atoms with E-state index in [1.807, 2.05) is 5.32 Å². The Bertz CT molecular complexity index is 774. The van der Waals surface area contributed by atoms with E-state index in [9.17, 15) is 32.3 Å². The summed E-state index contributed by atoms with van der Waals surface area (Å²) in [5.74, 6) is -5.91. The van der Waals surface area contributed by atoms with Crippen LogP contribution in [0.15, 0.2) is 18.2 Å². The number of alkyl halides is 2. The number of nitrogens with one attached hydrogen (secondary N) is 2. The summed E-state index contributed by atoms with van der Waals surface area (Å²) in [6.07, 6.45) is -3.47. The molecule has 0 unspecified atom stereocenters. The van der Waals surface area contributed by atoms with E-state index in [4.69, 9.17) is 10.5 Å². The van der Waals surface area contributed by atoms with Crippen LogP contribution in [0.3, 0.4) is 0 Å². The second-order valence-corrected chi connectivity index (χ2v) is 5.40. The molecule has 0 radical (unpaired) electrons. The van der Waals surface area contributed by atoms with Crippen LogP contribution in [0, 0.1) is 5.82 Å². The third-order valence-corrected chi connectivity index (χ3v) is 3.54. The lowest BCUT2D eigenvalue weighted by molar-refractivity contribution is -0.138. The molecule has 1 aliphatic heterocycles. The van der Waals surface area contributed by atoms with Gasteiger partial charge in [-0.3, -0.25) is 19.2 Å². The molecule has 0 bridgehead atoms. The quantitative estimate of drug-likeness (QED) is 0.558. The Morgan fingerprint density at radius 3 is 2.48 bits per heavy atom. The number of morpholine rings is 1. The first-order chi connectivity index (χ1) is 12.7. The molecule has 4 N–H and O–H groups in total. The highest BCUT2D eigenvalue weighted by Crippen LogP contribution is 2.23. The van der Waals surface area contributed by atoms with Gasteiger partial charge in [-0.1, -0.05) is 0 Å². The third-order valence-electron chi connectivity index (χ3n) is 3.54. The standard InChI is InChI=1S/C15H15F3N4O5/c16-8-5-7(22-3-4-27-6-10(22)23)1-2-9(8)20-14(25)11(13(19)24)21-15(26)12(17)18/h1-2,5,11-12H,3-4,6H2,(H2,19,24)(H,20,25)(H,21,26)/t11-/m0/s1. The maximum absolute atomic E-state index is 14.2. The molecule has 1 saturated heterocycles. The van der Waals surface area contributed by atoms with Crippen LogP contribution in [-0.2, 0) is 23.9 Å². The zero-order valence-corrected chi connectivity index (χ0v) is 13.7. The average Bonchev–Trinajstić information content (AvgIpc) is 2.61. The SMILES string of the molecule is NC(=O)[C@H](NC(=O)C(F)F)C(=O)Nc1ccc(N2CCOCC2=O)cc1F. The number of carbonyl (C=O) groups is 4. The van der Waals surface area contributed by atoms with Crippen molar-refractivity contribution in [1.82, 2.24) is 5.32 Å². The molecule has 0 aromatic heterocycles. The van der Waals surface area contributed by atoms with Gasteiger partial charge in [0.05, 0.1) is 12.3 Å². The number of nitrogens with zero attached hydrogens (tertiary/aromatic N) is 1. The second-order valence-electron chi connectivity index (χ2n) is 5.40. The molecular formula is C15H15F3N4O5. The molecule has 1 atom stereocenters. The number of benzene rings is 1. The molecule has 2 rings (SSSR count). The number of carbonyl (C=O) groups excluding carboxylic acids is 4. The fourth-order valence-electron chi connectivity index (χ4n) is 2.24. The summed E-state index contributed by atoms with van der Waals surface area (Å²) >= 11 is 0. The van der Waals surface area contributed by atoms with Crippen LogP contribution in [0.2, 0.25) is 0 Å². The van der Waals surface area contributed by atoms with Crippen molar-refractivity contribution in [3.8, 4) is 0 Å². The molecule has 12 heteroatoms. The van der Waals surface area contributed by atoms with Crippen LogP contribution in [0.1, 0.15) is 0 Å². The number of ether oxygens (including phenoxy) is 1. The van der Waals surface area contributed by atoms with E-state index in [0.29, 0.717) is 0 Å². The molecule has 1 aliphatic rings. The summed E-state index contributed by atoms with van der Waals surface area (Å²) in [4.78, 5) is 47.2. The van der Waals surface area contributed by atoms with E-state index in [-0.39, 0.29) is 31.4 Å². The van der Waals surface area contributed by atoms with Crippen molar-refractivity contribution in [3.05, 3.63) is 24.0 Å². The van der Waals surface area contributed by atoms with Gasteiger partial charge in [0.15, 0.2) is 6.04 Å². The molecule has 1 heterocycles. The third kappa shape index (κ3) is 4.94. The first-order valence-electron chi connectivity index (χ1n) is 7.57. The number of halogens is 3. The molecule has 1 aromatic carbocycles. The van der Waals surface area contributed by atoms with Crippen molar-refractivity contribution in [1.29, 1.82) is 0 Å². The predicted octanol–water partition coefficient (Wildman–Crippen LogP) is -0.637. The normalized spacial score (nSPS) is 15.4. The average molecular weight is 388 g/mol. The van der Waals surface area contributed by atoms with Crippen LogP contribution < -0.4 is 21.3 Å². The van der Waals surface area contributed by atoms with Crippen LogP contribution >= 0.6 is 0 Å². The van der Waals surface area contributed by atoms with E-state index in [2.05, 4.69) is 0 Å². The number of rotatable bonds is 6. The summed E-state index contributed by atoms with van der Waals surface area (Å²) in [6.45, 7) is 0.341. The van der Waals surface area contributed by atoms with Gasteiger partial charge in [-0.25, -0.2) is 4.39 Å². The summed E-state index contributed by atoms with van der Waals surface area (Å²) in [6, 6.07) is 1.29. The van der Waals surface area contributed by atoms with Gasteiger partial charge >= 0.3 is 6.43 Å². The number of hydrogen-bond donors (Lipinski definition) is 3. The van der Waals surface area contributed by atoms with Gasteiger partial charge in [0.1, 0.15) is 12.4 Å². The van der Waals surface area contributed by atoms with E-state index in [1.54, 1.807) is 0 Å². The van der Waals surface area contributed by atoms with Gasteiger partial charge in [-0.05, 0) is 18.2 Å². The lowest BCUT2D eigenvalue weighted by Crippen LogP contribution is -2.53. The van der Waals surface area contributed by atoms with Gasteiger partial charge in [0, 0.05) is 12.2 Å². The molecular weight excluding hydrogens is 373 g/mol. The van der Waals surface area contributed by atoms with E-state index >= 15 is 0 Å². The zero-order chi connectivity index (χ0) is 20.1. The Hall–Kier alpha value is -3.15. The molecule has 0 aliphatic carbocycles. The van der Waals surface area contributed by atoms with Crippen molar-refractivity contribution < 1.29 is 37.1 Å². The van der Waals surface area contributed by atoms with Crippen molar-refractivity contribution in [3.63, 3.8) is 0 Å². The minimum Gasteiger partial charge on any atom is -0.370 e. The zero-order valence-electron chi connectivity index (χ0n) is 13.7. The largest absolute Gasteiger partial charge is 0.370 e. The van der Waals surface area contributed by atoms with Crippen LogP contribution in [0.4, 0.5) is 24.5 Å². The van der Waals surface area contributed by atoms with Gasteiger partial charge in [0.25, 0.3) is 17.7 Å².